The molecular formula is C22H23NO8. The molecule has 0 spiro atoms. The van der Waals surface area contributed by atoms with Gasteiger partial charge in [0.25, 0.3) is 0 Å². The van der Waals surface area contributed by atoms with E-state index >= 15 is 0 Å². The number of carboxylic acid groups (broad SMARTS) is 1. The molecule has 2 aromatic rings. The molecule has 0 saturated heterocycles. The Balaban J connectivity index is 1.68. The van der Waals surface area contributed by atoms with Crippen molar-refractivity contribution in [3.05, 3.63) is 54.1 Å². The van der Waals surface area contributed by atoms with E-state index in [1.165, 1.54) is 19.3 Å². The van der Waals surface area contributed by atoms with E-state index in [1.807, 2.05) is 0 Å². The molecule has 164 valence electrons. The third-order valence-electron chi connectivity index (χ3n) is 4.54. The number of unbranched alkanes of at least 4 members (excludes halogenated alkanes) is 1. The largest absolute Gasteiger partial charge is 0.504 e. The number of fused-ring (bicyclic) bond motifs is 1. The number of methoxy groups -OCH3 is 1. The van der Waals surface area contributed by atoms with Crippen LogP contribution in [-0.4, -0.2) is 36.2 Å². The van der Waals surface area contributed by atoms with Crippen LogP contribution in [0.5, 0.6) is 23.0 Å². The number of hydrogen-bond acceptors (Lipinski definition) is 7. The van der Waals surface area contributed by atoms with Gasteiger partial charge in [-0.3, -0.25) is 5.32 Å². The maximum atomic E-state index is 12.5. The van der Waals surface area contributed by atoms with Crippen molar-refractivity contribution >= 4 is 17.7 Å². The van der Waals surface area contributed by atoms with Crippen LogP contribution >= 0.6 is 0 Å². The summed E-state index contributed by atoms with van der Waals surface area (Å²) in [4.78, 5) is 23.1. The first-order valence-corrected chi connectivity index (χ1v) is 9.60. The Bertz CT molecular complexity index is 972. The molecule has 0 bridgehead atoms. The third kappa shape index (κ3) is 6.05. The molecule has 0 radical (unpaired) electrons. The standard InChI is InChI=1S/C22H23NO8/c1-28-18-9-7-14(11-16(18)24)17(5-3-2-4-6-21(25)26)31-22(27)23-15-8-10-19-20(12-15)30-13-29-19/h4,6-12,17,24H,2-3,5,13H2,1H3,(H,23,27)(H,25,26)/b6-4+/t17-/m1/s1. The number of phenols is 1. The highest BCUT2D eigenvalue weighted by Crippen LogP contribution is 2.35. The Kier molecular flexibility index (Phi) is 7.21. The number of allylic oxidation sites excluding steroid dienone is 1. The predicted octanol–water partition coefficient (Wildman–Crippen LogP) is 4.23. The van der Waals surface area contributed by atoms with Crippen molar-refractivity contribution in [3.63, 3.8) is 0 Å². The summed E-state index contributed by atoms with van der Waals surface area (Å²) >= 11 is 0. The number of carboxylic acids is 1. The zero-order valence-corrected chi connectivity index (χ0v) is 16.9. The van der Waals surface area contributed by atoms with Crippen molar-refractivity contribution in [2.24, 2.45) is 0 Å². The zero-order valence-electron chi connectivity index (χ0n) is 16.9. The van der Waals surface area contributed by atoms with E-state index in [9.17, 15) is 14.7 Å². The maximum absolute atomic E-state index is 12.5. The van der Waals surface area contributed by atoms with E-state index in [2.05, 4.69) is 5.32 Å². The van der Waals surface area contributed by atoms with Gasteiger partial charge in [-0.1, -0.05) is 12.1 Å². The first-order valence-electron chi connectivity index (χ1n) is 9.60. The minimum absolute atomic E-state index is 0.0736. The summed E-state index contributed by atoms with van der Waals surface area (Å²) in [7, 11) is 1.44. The fourth-order valence-electron chi connectivity index (χ4n) is 3.06. The van der Waals surface area contributed by atoms with Crippen LogP contribution in [0.2, 0.25) is 0 Å². The molecule has 1 aliphatic rings. The van der Waals surface area contributed by atoms with E-state index in [0.29, 0.717) is 47.8 Å². The van der Waals surface area contributed by atoms with E-state index in [0.717, 1.165) is 6.08 Å². The van der Waals surface area contributed by atoms with Crippen LogP contribution in [0.4, 0.5) is 10.5 Å². The number of benzene rings is 2. The van der Waals surface area contributed by atoms with Gasteiger partial charge in [0.1, 0.15) is 6.10 Å². The van der Waals surface area contributed by atoms with Gasteiger partial charge in [-0.15, -0.1) is 0 Å². The molecule has 3 N–H and O–H groups in total. The molecule has 0 unspecified atom stereocenters. The molecular weight excluding hydrogens is 406 g/mol. The molecule has 3 rings (SSSR count). The minimum atomic E-state index is -1.02. The second kappa shape index (κ2) is 10.2. The molecule has 0 fully saturated rings. The molecule has 9 heteroatoms. The van der Waals surface area contributed by atoms with Crippen molar-refractivity contribution in [2.75, 3.05) is 19.2 Å². The highest BCUT2D eigenvalue weighted by atomic mass is 16.7. The molecule has 0 aliphatic carbocycles. The van der Waals surface area contributed by atoms with Crippen LogP contribution in [0.25, 0.3) is 0 Å². The van der Waals surface area contributed by atoms with E-state index < -0.39 is 18.2 Å². The summed E-state index contributed by atoms with van der Waals surface area (Å²) in [6.07, 6.45) is 2.75. The van der Waals surface area contributed by atoms with Crippen LogP contribution in [0.15, 0.2) is 48.6 Å². The molecule has 31 heavy (non-hydrogen) atoms. The second-order valence-corrected chi connectivity index (χ2v) is 6.69. The van der Waals surface area contributed by atoms with Gasteiger partial charge in [0.15, 0.2) is 23.0 Å². The number of anilines is 1. The Morgan fingerprint density at radius 1 is 1.19 bits per heavy atom. The maximum Gasteiger partial charge on any atom is 0.412 e. The summed E-state index contributed by atoms with van der Waals surface area (Å²) in [5.74, 6) is 0.336. The van der Waals surface area contributed by atoms with Crippen molar-refractivity contribution in [1.82, 2.24) is 0 Å². The van der Waals surface area contributed by atoms with Crippen LogP contribution in [0.3, 0.4) is 0 Å². The molecule has 0 saturated carbocycles. The summed E-state index contributed by atoms with van der Waals surface area (Å²) < 4.78 is 21.2. The lowest BCUT2D eigenvalue weighted by molar-refractivity contribution is -0.131. The smallest absolute Gasteiger partial charge is 0.412 e. The number of rotatable bonds is 9. The minimum Gasteiger partial charge on any atom is -0.504 e. The summed E-state index contributed by atoms with van der Waals surface area (Å²) in [5.41, 5.74) is 1.07. The second-order valence-electron chi connectivity index (χ2n) is 6.69. The van der Waals surface area contributed by atoms with E-state index in [-0.39, 0.29) is 12.5 Å². The average molecular weight is 429 g/mol. The highest BCUT2D eigenvalue weighted by molar-refractivity contribution is 5.85. The number of aromatic hydroxyl groups is 1. The summed E-state index contributed by atoms with van der Waals surface area (Å²) in [6, 6.07) is 9.75. The predicted molar refractivity (Wildman–Crippen MR) is 111 cm³/mol. The number of nitrogens with one attached hydrogen (secondary N) is 1. The van der Waals surface area contributed by atoms with Crippen molar-refractivity contribution in [2.45, 2.75) is 25.4 Å². The number of hydrogen-bond donors (Lipinski definition) is 3. The number of carbonyl (C=O) groups excluding carboxylic acids is 1. The third-order valence-corrected chi connectivity index (χ3v) is 4.54. The number of amides is 1. The quantitative estimate of drug-likeness (QED) is 0.400. The van der Waals surface area contributed by atoms with Crippen LogP contribution < -0.4 is 19.5 Å². The van der Waals surface area contributed by atoms with Crippen molar-refractivity contribution < 1.29 is 38.7 Å². The normalized spacial score (nSPS) is 13.1. The summed E-state index contributed by atoms with van der Waals surface area (Å²) in [6.45, 7) is 0.128. The first kappa shape index (κ1) is 21.8. The number of carbonyl (C=O) groups is 2. The van der Waals surface area contributed by atoms with Gasteiger partial charge >= 0.3 is 12.1 Å². The zero-order chi connectivity index (χ0) is 22.2. The van der Waals surface area contributed by atoms with Gasteiger partial charge < -0.3 is 29.2 Å². The number of phenolic OH excluding ortho intramolecular Hbond substituents is 1. The monoisotopic (exact) mass is 429 g/mol. The lowest BCUT2D eigenvalue weighted by Gasteiger charge is -2.19. The molecule has 9 nitrogen and oxygen atoms in total. The lowest BCUT2D eigenvalue weighted by Crippen LogP contribution is -2.17. The highest BCUT2D eigenvalue weighted by Gasteiger charge is 2.20. The van der Waals surface area contributed by atoms with Gasteiger partial charge in [-0.2, -0.15) is 0 Å². The van der Waals surface area contributed by atoms with Crippen LogP contribution in [0.1, 0.15) is 30.9 Å². The van der Waals surface area contributed by atoms with Gasteiger partial charge in [0.05, 0.1) is 7.11 Å². The van der Waals surface area contributed by atoms with Gasteiger partial charge in [-0.05, 0) is 49.1 Å². The molecule has 1 aliphatic heterocycles. The Labute approximate surface area is 178 Å². The molecule has 1 atom stereocenters. The van der Waals surface area contributed by atoms with Crippen molar-refractivity contribution in [1.29, 1.82) is 0 Å². The van der Waals surface area contributed by atoms with Crippen molar-refractivity contribution in [3.8, 4) is 23.0 Å². The summed E-state index contributed by atoms with van der Waals surface area (Å²) in [5, 5.41) is 21.4. The topological polar surface area (TPSA) is 124 Å². The van der Waals surface area contributed by atoms with Gasteiger partial charge in [0, 0.05) is 17.8 Å². The van der Waals surface area contributed by atoms with Crippen LogP contribution in [-0.2, 0) is 9.53 Å². The molecule has 2 aromatic carbocycles. The molecule has 1 heterocycles. The Hall–Kier alpha value is -3.88. The number of ether oxygens (including phenoxy) is 4. The number of aliphatic carboxylic acids is 1. The lowest BCUT2D eigenvalue weighted by atomic mass is 10.0. The Morgan fingerprint density at radius 3 is 2.74 bits per heavy atom. The average Bonchev–Trinajstić information content (AvgIpc) is 3.20. The first-order chi connectivity index (χ1) is 15.0. The SMILES string of the molecule is COc1ccc([C@@H](CCC/C=C/C(=O)O)OC(=O)Nc2ccc3c(c2)OCO3)cc1O. The Morgan fingerprint density at radius 2 is 2.00 bits per heavy atom. The fourth-order valence-corrected chi connectivity index (χ4v) is 3.06. The molecule has 1 amide bonds. The fraction of sp³-hybridized carbons (Fsp3) is 0.273. The van der Waals surface area contributed by atoms with E-state index in [4.69, 9.17) is 24.1 Å². The van der Waals surface area contributed by atoms with E-state index in [1.54, 1.807) is 30.3 Å². The van der Waals surface area contributed by atoms with Gasteiger partial charge in [-0.25, -0.2) is 9.59 Å². The van der Waals surface area contributed by atoms with Crippen LogP contribution in [0, 0.1) is 0 Å². The van der Waals surface area contributed by atoms with Gasteiger partial charge in [0.2, 0.25) is 6.79 Å². The molecule has 0 aromatic heterocycles.